The fourth-order valence-electron chi connectivity index (χ4n) is 5.32. The normalized spacial score (nSPS) is 19.3. The summed E-state index contributed by atoms with van der Waals surface area (Å²) in [5.41, 5.74) is 2.16. The highest BCUT2D eigenvalue weighted by Crippen LogP contribution is 2.35. The molecule has 1 aliphatic rings. The quantitative estimate of drug-likeness (QED) is 0.335. The Kier molecular flexibility index (Phi) is 9.55. The second-order valence-corrected chi connectivity index (χ2v) is 10.5. The number of methoxy groups -OCH3 is 1. The summed E-state index contributed by atoms with van der Waals surface area (Å²) in [6.45, 7) is 2.82. The van der Waals surface area contributed by atoms with E-state index in [-0.39, 0.29) is 18.4 Å². The molecule has 1 saturated heterocycles. The maximum absolute atomic E-state index is 11.7. The van der Waals surface area contributed by atoms with Gasteiger partial charge in [-0.2, -0.15) is 0 Å². The Balaban J connectivity index is 1.38. The van der Waals surface area contributed by atoms with Crippen molar-refractivity contribution in [1.29, 1.82) is 0 Å². The zero-order chi connectivity index (χ0) is 25.3. The van der Waals surface area contributed by atoms with Gasteiger partial charge in [0.1, 0.15) is 5.75 Å². The highest BCUT2D eigenvalue weighted by Gasteiger charge is 2.31. The Hall–Kier alpha value is -2.68. The van der Waals surface area contributed by atoms with Crippen molar-refractivity contribution in [1.82, 2.24) is 20.2 Å². The van der Waals surface area contributed by atoms with E-state index in [4.69, 9.17) is 4.74 Å². The third-order valence-electron chi connectivity index (χ3n) is 7.24. The molecule has 1 aliphatic heterocycles. The summed E-state index contributed by atoms with van der Waals surface area (Å²) in [6, 6.07) is 14.2. The average molecular weight is 509 g/mol. The van der Waals surface area contributed by atoms with Gasteiger partial charge in [0.2, 0.25) is 0 Å². The topological polar surface area (TPSA) is 87.6 Å². The number of ether oxygens (including phenoxy) is 1. The molecule has 36 heavy (non-hydrogen) atoms. The first-order valence-corrected chi connectivity index (χ1v) is 13.6. The molecular weight excluding hydrogens is 472 g/mol. The molecule has 0 saturated carbocycles. The lowest BCUT2D eigenvalue weighted by Crippen LogP contribution is -2.42. The molecule has 8 heteroatoms. The van der Waals surface area contributed by atoms with Crippen LogP contribution in [0.2, 0.25) is 0 Å². The minimum atomic E-state index is -0.702. The number of benzene rings is 1. The number of carboxylic acid groups (broad SMARTS) is 1. The van der Waals surface area contributed by atoms with Crippen molar-refractivity contribution in [3.63, 3.8) is 0 Å². The fourth-order valence-corrected chi connectivity index (χ4v) is 6.19. The van der Waals surface area contributed by atoms with Crippen molar-refractivity contribution in [2.75, 3.05) is 39.5 Å². The maximum atomic E-state index is 11.7. The van der Waals surface area contributed by atoms with Crippen LogP contribution in [0.4, 0.5) is 0 Å². The van der Waals surface area contributed by atoms with Crippen LogP contribution in [-0.2, 0) is 4.79 Å². The number of nitrogens with one attached hydrogen (secondary N) is 1. The van der Waals surface area contributed by atoms with Crippen LogP contribution >= 0.6 is 11.8 Å². The summed E-state index contributed by atoms with van der Waals surface area (Å²) in [5.74, 6) is 1.65. The first-order chi connectivity index (χ1) is 17.6. The van der Waals surface area contributed by atoms with E-state index >= 15 is 0 Å². The summed E-state index contributed by atoms with van der Waals surface area (Å²) in [5, 5.41) is 15.2. The number of likely N-dealkylation sites (tertiary alicyclic amines) is 1. The molecule has 2 aromatic heterocycles. The third kappa shape index (κ3) is 6.96. The molecule has 3 heterocycles. The lowest BCUT2D eigenvalue weighted by molar-refractivity contribution is -0.139. The first-order valence-electron chi connectivity index (χ1n) is 12.6. The van der Waals surface area contributed by atoms with Crippen molar-refractivity contribution >= 4 is 28.6 Å². The van der Waals surface area contributed by atoms with E-state index < -0.39 is 5.97 Å². The van der Waals surface area contributed by atoms with Gasteiger partial charge in [0.25, 0.3) is 0 Å². The third-order valence-corrected chi connectivity index (χ3v) is 8.16. The van der Waals surface area contributed by atoms with Gasteiger partial charge in [0.05, 0.1) is 17.7 Å². The van der Waals surface area contributed by atoms with Gasteiger partial charge in [-0.25, -0.2) is 4.98 Å². The van der Waals surface area contributed by atoms with Crippen LogP contribution in [0.5, 0.6) is 5.75 Å². The van der Waals surface area contributed by atoms with Crippen molar-refractivity contribution in [2.45, 2.75) is 36.8 Å². The Morgan fingerprint density at radius 1 is 1.22 bits per heavy atom. The molecule has 3 aromatic rings. The van der Waals surface area contributed by atoms with Gasteiger partial charge in [-0.3, -0.25) is 9.78 Å². The molecule has 1 fully saturated rings. The molecule has 1 aromatic carbocycles. The highest BCUT2D eigenvalue weighted by molar-refractivity contribution is 7.99. The van der Waals surface area contributed by atoms with Gasteiger partial charge in [-0.1, -0.05) is 6.07 Å². The second-order valence-electron chi connectivity index (χ2n) is 9.43. The number of carbonyl (C=O) groups is 1. The van der Waals surface area contributed by atoms with E-state index in [0.717, 1.165) is 66.3 Å². The average Bonchev–Trinajstić information content (AvgIpc) is 2.90. The molecule has 3 atom stereocenters. The molecule has 0 bridgehead atoms. The predicted octanol–water partition coefficient (Wildman–Crippen LogP) is 4.88. The van der Waals surface area contributed by atoms with E-state index in [1.165, 1.54) is 5.56 Å². The number of nitrogens with zero attached hydrogens (tertiary/aromatic N) is 3. The second kappa shape index (κ2) is 13.0. The number of hydrogen-bond acceptors (Lipinski definition) is 7. The Bertz CT molecular complexity index is 1130. The molecule has 7 nitrogen and oxygen atoms in total. The maximum Gasteiger partial charge on any atom is 0.303 e. The number of hydrogen-bond donors (Lipinski definition) is 2. The summed E-state index contributed by atoms with van der Waals surface area (Å²) in [7, 11) is 3.67. The number of thioether (sulfide) groups is 1. The smallest absolute Gasteiger partial charge is 0.303 e. The standard InChI is InChI=1S/C28H36N4O3S/c1-29-25(23-10-13-30-26-9-7-22(35-2)18-24(23)26)8-6-20-11-14-32(19-21(20)17-28(33)34)15-16-36-27-5-3-4-12-31-27/h3-5,7,9-10,12-13,18,20-21,25,29H,6,8,11,14-17,19H2,1-2H3,(H,33,34)/t20-,21+,25+/m1/s1. The predicted molar refractivity (Wildman–Crippen MR) is 145 cm³/mol. The zero-order valence-corrected chi connectivity index (χ0v) is 21.9. The number of pyridine rings is 2. The van der Waals surface area contributed by atoms with Crippen molar-refractivity contribution < 1.29 is 14.6 Å². The zero-order valence-electron chi connectivity index (χ0n) is 21.1. The summed E-state index contributed by atoms with van der Waals surface area (Å²) in [4.78, 5) is 23.0. The van der Waals surface area contributed by atoms with Crippen LogP contribution in [0.25, 0.3) is 10.9 Å². The Morgan fingerprint density at radius 3 is 2.86 bits per heavy atom. The van der Waals surface area contributed by atoms with Crippen LogP contribution in [0.3, 0.4) is 0 Å². The number of rotatable bonds is 12. The van der Waals surface area contributed by atoms with E-state index in [1.54, 1.807) is 18.9 Å². The van der Waals surface area contributed by atoms with Crippen LogP contribution in [0, 0.1) is 11.8 Å². The van der Waals surface area contributed by atoms with Gasteiger partial charge in [-0.15, -0.1) is 11.8 Å². The molecule has 0 radical (unpaired) electrons. The summed E-state index contributed by atoms with van der Waals surface area (Å²) >= 11 is 1.76. The van der Waals surface area contributed by atoms with E-state index in [0.29, 0.717) is 5.92 Å². The van der Waals surface area contributed by atoms with Gasteiger partial charge >= 0.3 is 5.97 Å². The van der Waals surface area contributed by atoms with Gasteiger partial charge in [0.15, 0.2) is 0 Å². The molecule has 0 spiro atoms. The summed E-state index contributed by atoms with van der Waals surface area (Å²) < 4.78 is 5.45. The van der Waals surface area contributed by atoms with Crippen molar-refractivity contribution in [3.05, 3.63) is 60.4 Å². The number of fused-ring (bicyclic) bond motifs is 1. The SMILES string of the molecule is CN[C@@H](CC[C@@H]1CCN(CCSc2ccccn2)C[C@@H]1CC(=O)O)c1ccnc2ccc(OC)cc12. The van der Waals surface area contributed by atoms with Gasteiger partial charge in [-0.05, 0) is 86.7 Å². The number of piperidine rings is 1. The van der Waals surface area contributed by atoms with E-state index in [1.807, 2.05) is 49.8 Å². The fraction of sp³-hybridized carbons (Fsp3) is 0.464. The molecule has 0 aliphatic carbocycles. The lowest BCUT2D eigenvalue weighted by atomic mass is 9.79. The monoisotopic (exact) mass is 508 g/mol. The number of aliphatic carboxylic acids is 1. The van der Waals surface area contributed by atoms with Crippen LogP contribution in [0.15, 0.2) is 59.9 Å². The number of carboxylic acids is 1. The van der Waals surface area contributed by atoms with Crippen LogP contribution in [-0.4, -0.2) is 65.5 Å². The van der Waals surface area contributed by atoms with E-state index in [9.17, 15) is 9.90 Å². The molecule has 0 unspecified atom stereocenters. The first kappa shape index (κ1) is 26.4. The van der Waals surface area contributed by atoms with Crippen LogP contribution < -0.4 is 10.1 Å². The highest BCUT2D eigenvalue weighted by atomic mass is 32.2. The minimum Gasteiger partial charge on any atom is -0.497 e. The Morgan fingerprint density at radius 2 is 2.11 bits per heavy atom. The van der Waals surface area contributed by atoms with Crippen molar-refractivity contribution in [3.8, 4) is 5.75 Å². The molecule has 192 valence electrons. The number of aromatic nitrogens is 2. The molecular formula is C28H36N4O3S. The van der Waals surface area contributed by atoms with E-state index in [2.05, 4.69) is 32.3 Å². The lowest BCUT2D eigenvalue weighted by Gasteiger charge is -2.38. The van der Waals surface area contributed by atoms with Crippen molar-refractivity contribution in [2.24, 2.45) is 11.8 Å². The minimum absolute atomic E-state index is 0.167. The van der Waals surface area contributed by atoms with Gasteiger partial charge in [0, 0.05) is 49.1 Å². The largest absolute Gasteiger partial charge is 0.497 e. The Labute approximate surface area is 217 Å². The van der Waals surface area contributed by atoms with Gasteiger partial charge < -0.3 is 20.1 Å². The molecule has 4 rings (SSSR count). The molecule has 0 amide bonds. The summed E-state index contributed by atoms with van der Waals surface area (Å²) in [6.07, 6.45) is 6.89. The van der Waals surface area contributed by atoms with Crippen LogP contribution in [0.1, 0.15) is 37.3 Å². The molecule has 2 N–H and O–H groups in total.